The molecule has 9 heteroatoms. The second kappa shape index (κ2) is 5.18. The number of phenolic OH excluding ortho intramolecular Hbond substituents is 1. The van der Waals surface area contributed by atoms with Crippen molar-refractivity contribution in [1.29, 1.82) is 0 Å². The fourth-order valence-electron chi connectivity index (χ4n) is 3.17. The van der Waals surface area contributed by atoms with Crippen molar-refractivity contribution in [3.8, 4) is 5.75 Å². The molecule has 0 radical (unpaired) electrons. The fraction of sp³-hybridized carbons (Fsp3) is 0.400. The van der Waals surface area contributed by atoms with E-state index in [2.05, 4.69) is 4.90 Å². The molecule has 1 saturated carbocycles. The fourth-order valence-corrected chi connectivity index (χ4v) is 4.34. The number of halogens is 1. The van der Waals surface area contributed by atoms with Gasteiger partial charge in [0.15, 0.2) is 5.82 Å². The highest BCUT2D eigenvalue weighted by Gasteiger charge is 2.38. The van der Waals surface area contributed by atoms with Crippen LogP contribution >= 0.6 is 0 Å². The van der Waals surface area contributed by atoms with Gasteiger partial charge in [0.1, 0.15) is 18.0 Å². The molecule has 2 aliphatic heterocycles. The maximum atomic E-state index is 15.0. The van der Waals surface area contributed by atoms with E-state index in [0.717, 1.165) is 25.0 Å². The highest BCUT2D eigenvalue weighted by molar-refractivity contribution is 7.92. The Hall–Kier alpha value is -2.13. The third kappa shape index (κ3) is 2.44. The molecule has 7 nitrogen and oxygen atoms in total. The number of carbonyl (C=O) groups is 1. The van der Waals surface area contributed by atoms with Crippen LogP contribution < -0.4 is 9.03 Å². The van der Waals surface area contributed by atoms with Crippen molar-refractivity contribution in [2.24, 2.45) is 0 Å². The first-order valence-corrected chi connectivity index (χ1v) is 9.09. The van der Waals surface area contributed by atoms with Crippen molar-refractivity contribution in [1.82, 2.24) is 9.62 Å². The molecule has 0 bridgehead atoms. The van der Waals surface area contributed by atoms with Crippen molar-refractivity contribution in [3.63, 3.8) is 0 Å². The van der Waals surface area contributed by atoms with Crippen molar-refractivity contribution >= 4 is 27.4 Å². The van der Waals surface area contributed by atoms with E-state index in [1.165, 1.54) is 12.1 Å². The van der Waals surface area contributed by atoms with Crippen LogP contribution in [0.4, 0.5) is 10.1 Å². The van der Waals surface area contributed by atoms with Gasteiger partial charge in [-0.3, -0.25) is 9.69 Å². The zero-order chi connectivity index (χ0) is 17.1. The number of hydrogen-bond donors (Lipinski definition) is 2. The molecular weight excluding hydrogens is 337 g/mol. The van der Waals surface area contributed by atoms with E-state index >= 15 is 0 Å². The summed E-state index contributed by atoms with van der Waals surface area (Å²) in [5.74, 6) is -2.12. The molecular formula is C15H16FN3O4S. The van der Waals surface area contributed by atoms with Crippen molar-refractivity contribution in [3.05, 3.63) is 29.6 Å². The number of benzene rings is 1. The van der Waals surface area contributed by atoms with Gasteiger partial charge in [0, 0.05) is 24.7 Å². The molecule has 2 fully saturated rings. The zero-order valence-corrected chi connectivity index (χ0v) is 13.5. The number of aromatic hydroxyl groups is 1. The van der Waals surface area contributed by atoms with Crippen LogP contribution in [-0.4, -0.2) is 50.0 Å². The molecule has 1 aromatic rings. The molecule has 0 aromatic heterocycles. The lowest BCUT2D eigenvalue weighted by Gasteiger charge is -2.19. The van der Waals surface area contributed by atoms with Gasteiger partial charge in [-0.2, -0.15) is 8.42 Å². The summed E-state index contributed by atoms with van der Waals surface area (Å²) in [5, 5.41) is 9.97. The second-order valence-electron chi connectivity index (χ2n) is 6.22. The quantitative estimate of drug-likeness (QED) is 0.829. The molecule has 1 amide bonds. The molecule has 2 N–H and O–H groups in total. The van der Waals surface area contributed by atoms with E-state index in [9.17, 15) is 22.7 Å². The molecule has 0 unspecified atom stereocenters. The molecule has 3 aliphatic rings. The lowest BCUT2D eigenvalue weighted by molar-refractivity contribution is -0.117. The van der Waals surface area contributed by atoms with Crippen LogP contribution in [0, 0.1) is 5.82 Å². The van der Waals surface area contributed by atoms with Gasteiger partial charge in [-0.15, -0.1) is 0 Å². The maximum absolute atomic E-state index is 15.0. The normalized spacial score (nSPS) is 23.5. The van der Waals surface area contributed by atoms with Crippen LogP contribution in [0.3, 0.4) is 0 Å². The first-order chi connectivity index (χ1) is 11.4. The van der Waals surface area contributed by atoms with Gasteiger partial charge in [-0.05, 0) is 30.5 Å². The molecule has 1 aromatic carbocycles. The smallest absolute Gasteiger partial charge is 0.326 e. The van der Waals surface area contributed by atoms with E-state index < -0.39 is 39.9 Å². The Morgan fingerprint density at radius 3 is 2.62 bits per heavy atom. The minimum atomic E-state index is -4.18. The van der Waals surface area contributed by atoms with Crippen molar-refractivity contribution in [2.75, 3.05) is 23.9 Å². The highest BCUT2D eigenvalue weighted by Crippen LogP contribution is 2.39. The standard InChI is InChI=1S/C15H16FN3O4S/c16-14-11(9-5-6-18(7-9)10-1-2-10)3-4-12(20)15(14)19-8-13(21)17-24(19,22)23/h3-5,10,20H,1-2,6-8H2,(H,17,21). The third-order valence-electron chi connectivity index (χ3n) is 4.52. The Morgan fingerprint density at radius 1 is 1.25 bits per heavy atom. The zero-order valence-electron chi connectivity index (χ0n) is 12.7. The topological polar surface area (TPSA) is 90.0 Å². The number of rotatable bonds is 3. The number of nitrogens with zero attached hydrogens (tertiary/aromatic N) is 2. The van der Waals surface area contributed by atoms with Crippen molar-refractivity contribution in [2.45, 2.75) is 18.9 Å². The number of phenols is 1. The molecule has 1 saturated heterocycles. The van der Waals surface area contributed by atoms with Gasteiger partial charge in [0.25, 0.3) is 5.91 Å². The largest absolute Gasteiger partial charge is 0.506 e. The van der Waals surface area contributed by atoms with E-state index in [0.29, 0.717) is 16.9 Å². The summed E-state index contributed by atoms with van der Waals surface area (Å²) in [6.07, 6.45) is 4.20. The van der Waals surface area contributed by atoms with Gasteiger partial charge < -0.3 is 5.11 Å². The van der Waals surface area contributed by atoms with Gasteiger partial charge in [-0.25, -0.2) is 13.4 Å². The molecule has 2 heterocycles. The lowest BCUT2D eigenvalue weighted by Crippen LogP contribution is -2.30. The average molecular weight is 353 g/mol. The Balaban J connectivity index is 1.72. The van der Waals surface area contributed by atoms with Crippen LogP contribution in [0.15, 0.2) is 18.2 Å². The molecule has 0 atom stereocenters. The summed E-state index contributed by atoms with van der Waals surface area (Å²) < 4.78 is 41.2. The van der Waals surface area contributed by atoms with Crippen LogP contribution in [0.1, 0.15) is 18.4 Å². The molecule has 24 heavy (non-hydrogen) atoms. The van der Waals surface area contributed by atoms with Crippen LogP contribution in [-0.2, 0) is 15.0 Å². The van der Waals surface area contributed by atoms with E-state index in [1.807, 2.05) is 6.08 Å². The minimum absolute atomic E-state index is 0.250. The van der Waals surface area contributed by atoms with E-state index in [1.54, 1.807) is 4.72 Å². The van der Waals surface area contributed by atoms with Gasteiger partial charge in [0.05, 0.1) is 0 Å². The van der Waals surface area contributed by atoms with Crippen LogP contribution in [0.5, 0.6) is 5.75 Å². The van der Waals surface area contributed by atoms with Gasteiger partial charge >= 0.3 is 10.2 Å². The first-order valence-electron chi connectivity index (χ1n) is 7.65. The molecule has 128 valence electrons. The molecule has 1 aliphatic carbocycles. The SMILES string of the molecule is O=C1CN(c2c(O)ccc(C3=CCN(C4CC4)C3)c2F)S(=O)(=O)N1. The third-order valence-corrected chi connectivity index (χ3v) is 5.90. The molecule has 0 spiro atoms. The minimum Gasteiger partial charge on any atom is -0.506 e. The number of carbonyl (C=O) groups excluding carboxylic acids is 1. The van der Waals surface area contributed by atoms with E-state index in [4.69, 9.17) is 0 Å². The van der Waals surface area contributed by atoms with Crippen molar-refractivity contribution < 1.29 is 22.7 Å². The van der Waals surface area contributed by atoms with E-state index in [-0.39, 0.29) is 5.56 Å². The van der Waals surface area contributed by atoms with Gasteiger partial charge in [-0.1, -0.05) is 6.08 Å². The predicted molar refractivity (Wildman–Crippen MR) is 85.0 cm³/mol. The predicted octanol–water partition coefficient (Wildman–Crippen LogP) is 0.574. The first kappa shape index (κ1) is 15.4. The summed E-state index contributed by atoms with van der Waals surface area (Å²) in [4.78, 5) is 13.6. The summed E-state index contributed by atoms with van der Waals surface area (Å²) in [6, 6.07) is 3.24. The average Bonchev–Trinajstić information content (AvgIpc) is 3.17. The number of nitrogens with one attached hydrogen (secondary N) is 1. The van der Waals surface area contributed by atoms with Gasteiger partial charge in [0.2, 0.25) is 0 Å². The lowest BCUT2D eigenvalue weighted by atomic mass is 10.0. The second-order valence-corrected chi connectivity index (χ2v) is 7.82. The Bertz CT molecular complexity index is 864. The number of hydrogen-bond acceptors (Lipinski definition) is 5. The number of anilines is 1. The summed E-state index contributed by atoms with van der Waals surface area (Å²) in [5.41, 5.74) is 0.522. The maximum Gasteiger partial charge on any atom is 0.326 e. The Morgan fingerprint density at radius 2 is 2.00 bits per heavy atom. The summed E-state index contributed by atoms with van der Waals surface area (Å²) in [7, 11) is -4.18. The molecule has 4 rings (SSSR count). The Kier molecular flexibility index (Phi) is 3.33. The summed E-state index contributed by atoms with van der Waals surface area (Å²) in [6.45, 7) is 0.775. The monoisotopic (exact) mass is 353 g/mol. The van der Waals surface area contributed by atoms with Crippen LogP contribution in [0.25, 0.3) is 5.57 Å². The number of amides is 1. The van der Waals surface area contributed by atoms with Crippen LogP contribution in [0.2, 0.25) is 0 Å². The highest BCUT2D eigenvalue weighted by atomic mass is 32.2. The Labute approximate surface area is 138 Å². The summed E-state index contributed by atoms with van der Waals surface area (Å²) >= 11 is 0.